The Morgan fingerprint density at radius 1 is 1.00 bits per heavy atom. The lowest BCUT2D eigenvalue weighted by atomic mass is 9.93. The number of carboxylic acids is 1. The van der Waals surface area contributed by atoms with Crippen LogP contribution in [0.25, 0.3) is 0 Å². The van der Waals surface area contributed by atoms with Crippen molar-refractivity contribution in [1.29, 1.82) is 0 Å². The molecule has 0 spiro atoms. The Labute approximate surface area is 157 Å². The summed E-state index contributed by atoms with van der Waals surface area (Å²) in [6.07, 6.45) is 3.58. The van der Waals surface area contributed by atoms with E-state index in [2.05, 4.69) is 0 Å². The summed E-state index contributed by atoms with van der Waals surface area (Å²) in [6, 6.07) is 5.97. The molecule has 2 amide bonds. The molecule has 2 atom stereocenters. The number of carboxylic acid groups (broad SMARTS) is 1. The smallest absolute Gasteiger partial charge is 0.326 e. The van der Waals surface area contributed by atoms with Crippen LogP contribution in [0.1, 0.15) is 42.5 Å². The average Bonchev–Trinajstić information content (AvgIpc) is 2.67. The number of halogens is 1. The predicted molar refractivity (Wildman–Crippen MR) is 97.1 cm³/mol. The molecule has 0 bridgehead atoms. The van der Waals surface area contributed by atoms with Crippen molar-refractivity contribution in [2.75, 3.05) is 19.6 Å². The van der Waals surface area contributed by atoms with Gasteiger partial charge in [-0.1, -0.05) is 11.6 Å². The van der Waals surface area contributed by atoms with Crippen molar-refractivity contribution in [1.82, 2.24) is 9.80 Å². The van der Waals surface area contributed by atoms with E-state index in [1.54, 1.807) is 29.2 Å². The zero-order valence-electron chi connectivity index (χ0n) is 14.6. The van der Waals surface area contributed by atoms with Crippen LogP contribution in [0.2, 0.25) is 5.02 Å². The Kier molecular flexibility index (Phi) is 5.81. The number of hydrogen-bond donors (Lipinski definition) is 1. The van der Waals surface area contributed by atoms with E-state index in [9.17, 15) is 19.5 Å². The van der Waals surface area contributed by atoms with Crippen molar-refractivity contribution in [3.63, 3.8) is 0 Å². The third kappa shape index (κ3) is 4.01. The second kappa shape index (κ2) is 8.08. The highest BCUT2D eigenvalue weighted by atomic mass is 35.5. The lowest BCUT2D eigenvalue weighted by Crippen LogP contribution is -2.53. The van der Waals surface area contributed by atoms with Gasteiger partial charge in [0.15, 0.2) is 0 Å². The molecule has 0 aromatic heterocycles. The molecule has 2 heterocycles. The standard InChI is InChI=1S/C19H23ClN2O4/c20-15-8-6-13(7-9-15)17(23)21-10-3-4-14(12-21)18(24)22-11-2-1-5-16(22)19(25)26/h6-9,14,16H,1-5,10-12H2,(H,25,26). The third-order valence-electron chi connectivity index (χ3n) is 5.22. The van der Waals surface area contributed by atoms with Gasteiger partial charge in [0.1, 0.15) is 6.04 Å². The molecule has 1 aromatic carbocycles. The van der Waals surface area contributed by atoms with E-state index in [1.165, 1.54) is 4.90 Å². The number of amides is 2. The normalized spacial score (nSPS) is 23.6. The maximum absolute atomic E-state index is 12.9. The molecule has 3 rings (SSSR count). The first-order valence-electron chi connectivity index (χ1n) is 9.05. The Morgan fingerprint density at radius 3 is 2.42 bits per heavy atom. The lowest BCUT2D eigenvalue weighted by Gasteiger charge is -2.38. The summed E-state index contributed by atoms with van der Waals surface area (Å²) in [7, 11) is 0. The zero-order valence-corrected chi connectivity index (χ0v) is 15.3. The van der Waals surface area contributed by atoms with Crippen molar-refractivity contribution < 1.29 is 19.5 Å². The highest BCUT2D eigenvalue weighted by Gasteiger charge is 2.37. The monoisotopic (exact) mass is 378 g/mol. The zero-order chi connectivity index (χ0) is 18.7. The van der Waals surface area contributed by atoms with E-state index in [1.807, 2.05) is 0 Å². The number of aliphatic carboxylic acids is 1. The van der Waals surface area contributed by atoms with Crippen molar-refractivity contribution in [2.45, 2.75) is 38.1 Å². The van der Waals surface area contributed by atoms with Crippen LogP contribution >= 0.6 is 11.6 Å². The van der Waals surface area contributed by atoms with Crippen LogP contribution in [0.3, 0.4) is 0 Å². The summed E-state index contributed by atoms with van der Waals surface area (Å²) >= 11 is 5.87. The summed E-state index contributed by atoms with van der Waals surface area (Å²) < 4.78 is 0. The average molecular weight is 379 g/mol. The van der Waals surface area contributed by atoms with Crippen molar-refractivity contribution >= 4 is 29.4 Å². The van der Waals surface area contributed by atoms with Crippen molar-refractivity contribution in [3.05, 3.63) is 34.9 Å². The van der Waals surface area contributed by atoms with E-state index in [0.29, 0.717) is 43.1 Å². The number of rotatable bonds is 3. The molecular weight excluding hydrogens is 356 g/mol. The molecular formula is C19H23ClN2O4. The molecule has 2 unspecified atom stereocenters. The molecule has 0 aliphatic carbocycles. The summed E-state index contributed by atoms with van der Waals surface area (Å²) in [6.45, 7) is 1.42. The second-order valence-corrected chi connectivity index (χ2v) is 7.42. The third-order valence-corrected chi connectivity index (χ3v) is 5.47. The summed E-state index contributed by atoms with van der Waals surface area (Å²) in [5.74, 6) is -1.53. The summed E-state index contributed by atoms with van der Waals surface area (Å²) in [4.78, 5) is 40.3. The first kappa shape index (κ1) is 18.7. The molecule has 0 radical (unpaired) electrons. The minimum Gasteiger partial charge on any atom is -0.480 e. The number of carbonyl (C=O) groups excluding carboxylic acids is 2. The number of benzene rings is 1. The van der Waals surface area contributed by atoms with Gasteiger partial charge < -0.3 is 14.9 Å². The van der Waals surface area contributed by atoms with Gasteiger partial charge in [0.2, 0.25) is 5.91 Å². The maximum atomic E-state index is 12.9. The van der Waals surface area contributed by atoms with Gasteiger partial charge in [0, 0.05) is 30.2 Å². The Balaban J connectivity index is 1.69. The Bertz CT molecular complexity index is 691. The minimum absolute atomic E-state index is 0.118. The van der Waals surface area contributed by atoms with Gasteiger partial charge in [-0.15, -0.1) is 0 Å². The van der Waals surface area contributed by atoms with Gasteiger partial charge in [-0.2, -0.15) is 0 Å². The van der Waals surface area contributed by atoms with E-state index in [-0.39, 0.29) is 17.7 Å². The number of piperidine rings is 2. The molecule has 2 aliphatic heterocycles. The van der Waals surface area contributed by atoms with Crippen LogP contribution in [0.15, 0.2) is 24.3 Å². The fraction of sp³-hybridized carbons (Fsp3) is 0.526. The predicted octanol–water partition coefficient (Wildman–Crippen LogP) is 2.66. The molecule has 140 valence electrons. The van der Waals surface area contributed by atoms with Crippen molar-refractivity contribution in [3.8, 4) is 0 Å². The van der Waals surface area contributed by atoms with E-state index in [0.717, 1.165) is 19.3 Å². The molecule has 0 saturated carbocycles. The van der Waals surface area contributed by atoms with Crippen molar-refractivity contribution in [2.24, 2.45) is 5.92 Å². The van der Waals surface area contributed by atoms with E-state index in [4.69, 9.17) is 11.6 Å². The molecule has 1 N–H and O–H groups in total. The molecule has 7 heteroatoms. The largest absolute Gasteiger partial charge is 0.480 e. The molecule has 2 aliphatic rings. The first-order valence-corrected chi connectivity index (χ1v) is 9.43. The number of likely N-dealkylation sites (tertiary alicyclic amines) is 2. The van der Waals surface area contributed by atoms with E-state index < -0.39 is 12.0 Å². The quantitative estimate of drug-likeness (QED) is 0.877. The van der Waals surface area contributed by atoms with Gasteiger partial charge in [0.25, 0.3) is 5.91 Å². The minimum atomic E-state index is -0.942. The van der Waals surface area contributed by atoms with Crippen LogP contribution in [0.4, 0.5) is 0 Å². The topological polar surface area (TPSA) is 77.9 Å². The Hall–Kier alpha value is -2.08. The molecule has 26 heavy (non-hydrogen) atoms. The van der Waals surface area contributed by atoms with Gasteiger partial charge in [-0.05, 0) is 56.4 Å². The Morgan fingerprint density at radius 2 is 1.73 bits per heavy atom. The fourth-order valence-corrected chi connectivity index (χ4v) is 3.95. The molecule has 6 nitrogen and oxygen atoms in total. The molecule has 2 saturated heterocycles. The number of nitrogens with zero attached hydrogens (tertiary/aromatic N) is 2. The SMILES string of the molecule is O=C(O)C1CCCCN1C(=O)C1CCCN(C(=O)c2ccc(Cl)cc2)C1. The highest BCUT2D eigenvalue weighted by Crippen LogP contribution is 2.25. The maximum Gasteiger partial charge on any atom is 0.326 e. The van der Waals surface area contributed by atoms with Gasteiger partial charge in [-0.3, -0.25) is 9.59 Å². The summed E-state index contributed by atoms with van der Waals surface area (Å²) in [5.41, 5.74) is 0.545. The van der Waals surface area contributed by atoms with Crippen LogP contribution in [0.5, 0.6) is 0 Å². The highest BCUT2D eigenvalue weighted by molar-refractivity contribution is 6.30. The van der Waals surface area contributed by atoms with Crippen LogP contribution in [-0.2, 0) is 9.59 Å². The van der Waals surface area contributed by atoms with Crippen LogP contribution < -0.4 is 0 Å². The number of hydrogen-bond acceptors (Lipinski definition) is 3. The van der Waals surface area contributed by atoms with Crippen LogP contribution in [0, 0.1) is 5.92 Å². The second-order valence-electron chi connectivity index (χ2n) is 6.98. The fourth-order valence-electron chi connectivity index (χ4n) is 3.82. The number of carbonyl (C=O) groups is 3. The van der Waals surface area contributed by atoms with Gasteiger partial charge >= 0.3 is 5.97 Å². The van der Waals surface area contributed by atoms with E-state index >= 15 is 0 Å². The molecule has 1 aromatic rings. The molecule has 2 fully saturated rings. The van der Waals surface area contributed by atoms with Gasteiger partial charge in [0.05, 0.1) is 5.92 Å². The van der Waals surface area contributed by atoms with Gasteiger partial charge in [-0.25, -0.2) is 4.79 Å². The first-order chi connectivity index (χ1) is 12.5. The van der Waals surface area contributed by atoms with Crippen LogP contribution in [-0.4, -0.2) is 58.4 Å². The lowest BCUT2D eigenvalue weighted by molar-refractivity contribution is -0.154. The summed E-state index contributed by atoms with van der Waals surface area (Å²) in [5, 5.41) is 9.97.